The van der Waals surface area contributed by atoms with Crippen LogP contribution in [-0.4, -0.2) is 6.54 Å². The molecule has 1 unspecified atom stereocenters. The number of halogens is 1. The largest absolute Gasteiger partial charge is 0.489 e. The van der Waals surface area contributed by atoms with Crippen LogP contribution in [0.4, 0.5) is 4.39 Å². The van der Waals surface area contributed by atoms with Crippen LogP contribution in [0.5, 0.6) is 5.75 Å². The Bertz CT molecular complexity index is 738. The van der Waals surface area contributed by atoms with E-state index in [4.69, 9.17) is 10.5 Å². The highest BCUT2D eigenvalue weighted by Gasteiger charge is 2.11. The predicted octanol–water partition coefficient (Wildman–Crippen LogP) is 4.75. The van der Waals surface area contributed by atoms with Gasteiger partial charge >= 0.3 is 0 Å². The van der Waals surface area contributed by atoms with Crippen LogP contribution in [-0.2, 0) is 13.0 Å². The first-order chi connectivity index (χ1) is 11.7. The Morgan fingerprint density at radius 1 is 0.958 bits per heavy atom. The van der Waals surface area contributed by atoms with Gasteiger partial charge in [0, 0.05) is 17.3 Å². The van der Waals surface area contributed by atoms with Gasteiger partial charge in [-0.1, -0.05) is 30.3 Å². The second-order valence-electron chi connectivity index (χ2n) is 5.71. The fourth-order valence-corrected chi connectivity index (χ4v) is 3.42. The monoisotopic (exact) mass is 341 g/mol. The van der Waals surface area contributed by atoms with Crippen molar-refractivity contribution in [3.8, 4) is 5.75 Å². The first-order valence-electron chi connectivity index (χ1n) is 7.94. The predicted molar refractivity (Wildman–Crippen MR) is 97.0 cm³/mol. The van der Waals surface area contributed by atoms with Gasteiger partial charge in [-0.05, 0) is 53.3 Å². The van der Waals surface area contributed by atoms with Crippen LogP contribution in [0.15, 0.2) is 66.0 Å². The van der Waals surface area contributed by atoms with E-state index in [9.17, 15) is 4.39 Å². The minimum atomic E-state index is -0.233. The zero-order valence-corrected chi connectivity index (χ0v) is 14.1. The average Bonchev–Trinajstić information content (AvgIpc) is 3.15. The highest BCUT2D eigenvalue weighted by atomic mass is 32.1. The Balaban J connectivity index is 1.57. The van der Waals surface area contributed by atoms with Gasteiger partial charge < -0.3 is 10.5 Å². The van der Waals surface area contributed by atoms with Crippen LogP contribution < -0.4 is 10.5 Å². The van der Waals surface area contributed by atoms with E-state index in [1.165, 1.54) is 22.6 Å². The summed E-state index contributed by atoms with van der Waals surface area (Å²) in [5, 5.41) is 2.09. The van der Waals surface area contributed by atoms with Crippen molar-refractivity contribution in [1.82, 2.24) is 0 Å². The Morgan fingerprint density at radius 2 is 1.67 bits per heavy atom. The zero-order valence-electron chi connectivity index (χ0n) is 13.3. The second kappa shape index (κ2) is 8.08. The zero-order chi connectivity index (χ0) is 16.8. The van der Waals surface area contributed by atoms with E-state index in [1.54, 1.807) is 23.5 Å². The maximum atomic E-state index is 12.9. The second-order valence-corrected chi connectivity index (χ2v) is 6.69. The van der Waals surface area contributed by atoms with Crippen molar-refractivity contribution in [3.05, 3.63) is 87.9 Å². The summed E-state index contributed by atoms with van der Waals surface area (Å²) in [6, 6.07) is 18.7. The molecule has 0 spiro atoms. The summed E-state index contributed by atoms with van der Waals surface area (Å²) in [7, 11) is 0. The van der Waals surface area contributed by atoms with E-state index in [-0.39, 0.29) is 5.82 Å². The van der Waals surface area contributed by atoms with Gasteiger partial charge in [0.25, 0.3) is 0 Å². The van der Waals surface area contributed by atoms with Crippen LogP contribution >= 0.6 is 11.3 Å². The number of hydrogen-bond acceptors (Lipinski definition) is 3. The summed E-state index contributed by atoms with van der Waals surface area (Å²) in [4.78, 5) is 1.33. The van der Waals surface area contributed by atoms with Gasteiger partial charge in [0.15, 0.2) is 0 Å². The Kier molecular flexibility index (Phi) is 5.62. The van der Waals surface area contributed by atoms with Crippen molar-refractivity contribution in [1.29, 1.82) is 0 Å². The molecule has 24 heavy (non-hydrogen) atoms. The maximum Gasteiger partial charge on any atom is 0.123 e. The molecule has 0 aliphatic heterocycles. The quantitative estimate of drug-likeness (QED) is 0.673. The molecule has 2 N–H and O–H groups in total. The van der Waals surface area contributed by atoms with Crippen LogP contribution in [0.2, 0.25) is 0 Å². The first-order valence-corrected chi connectivity index (χ1v) is 8.82. The molecule has 1 atom stereocenters. The number of thiophene rings is 1. The molecule has 2 aromatic carbocycles. The summed E-state index contributed by atoms with van der Waals surface area (Å²) in [5.41, 5.74) is 8.11. The number of ether oxygens (including phenoxy) is 1. The van der Waals surface area contributed by atoms with E-state index in [1.807, 2.05) is 12.1 Å². The van der Waals surface area contributed by atoms with Crippen LogP contribution in [0.3, 0.4) is 0 Å². The summed E-state index contributed by atoms with van der Waals surface area (Å²) in [5.74, 6) is 0.933. The molecule has 0 bridgehead atoms. The molecule has 124 valence electrons. The lowest BCUT2D eigenvalue weighted by atomic mass is 9.98. The molecule has 0 aliphatic rings. The fourth-order valence-electron chi connectivity index (χ4n) is 2.58. The Morgan fingerprint density at radius 3 is 2.29 bits per heavy atom. The highest BCUT2D eigenvalue weighted by Crippen LogP contribution is 2.25. The van der Waals surface area contributed by atoms with Gasteiger partial charge in [0.1, 0.15) is 18.2 Å². The van der Waals surface area contributed by atoms with Crippen LogP contribution in [0, 0.1) is 5.82 Å². The van der Waals surface area contributed by atoms with Crippen LogP contribution in [0.25, 0.3) is 0 Å². The van der Waals surface area contributed by atoms with Gasteiger partial charge in [-0.25, -0.2) is 4.39 Å². The van der Waals surface area contributed by atoms with E-state index in [2.05, 4.69) is 29.6 Å². The molecular formula is C20H20FNOS. The third-order valence-corrected chi connectivity index (χ3v) is 4.99. The molecule has 0 saturated carbocycles. The van der Waals surface area contributed by atoms with Crippen molar-refractivity contribution >= 4 is 11.3 Å². The summed E-state index contributed by atoms with van der Waals surface area (Å²) >= 11 is 1.75. The van der Waals surface area contributed by atoms with E-state index >= 15 is 0 Å². The topological polar surface area (TPSA) is 35.2 Å². The van der Waals surface area contributed by atoms with Gasteiger partial charge in [-0.3, -0.25) is 0 Å². The Labute approximate surface area is 145 Å². The minimum absolute atomic E-state index is 0.233. The molecule has 0 radical (unpaired) electrons. The van der Waals surface area contributed by atoms with Crippen molar-refractivity contribution in [2.24, 2.45) is 5.73 Å². The first kappa shape index (κ1) is 16.7. The van der Waals surface area contributed by atoms with Gasteiger partial charge in [-0.15, -0.1) is 11.3 Å². The summed E-state index contributed by atoms with van der Waals surface area (Å²) < 4.78 is 18.6. The lowest BCUT2D eigenvalue weighted by Gasteiger charge is -2.13. The third kappa shape index (κ3) is 4.43. The number of benzene rings is 2. The van der Waals surface area contributed by atoms with E-state index < -0.39 is 0 Å². The molecule has 0 aliphatic carbocycles. The fraction of sp³-hybridized carbons (Fsp3) is 0.200. The molecule has 1 aromatic heterocycles. The lowest BCUT2D eigenvalue weighted by Crippen LogP contribution is -2.13. The molecule has 3 aromatic rings. The molecule has 4 heteroatoms. The third-order valence-electron chi connectivity index (χ3n) is 3.95. The van der Waals surface area contributed by atoms with Crippen molar-refractivity contribution in [2.75, 3.05) is 6.54 Å². The lowest BCUT2D eigenvalue weighted by molar-refractivity contribution is 0.306. The SMILES string of the molecule is NCC(Cc1ccc(OCc2ccc(F)cc2)cc1)c1cccs1. The van der Waals surface area contributed by atoms with Crippen molar-refractivity contribution in [2.45, 2.75) is 18.9 Å². The normalized spacial score (nSPS) is 12.1. The molecule has 0 amide bonds. The van der Waals surface area contributed by atoms with Crippen molar-refractivity contribution in [3.63, 3.8) is 0 Å². The molecular weight excluding hydrogens is 321 g/mol. The van der Waals surface area contributed by atoms with Gasteiger partial charge in [-0.2, -0.15) is 0 Å². The van der Waals surface area contributed by atoms with Crippen molar-refractivity contribution < 1.29 is 9.13 Å². The number of rotatable bonds is 7. The number of hydrogen-bond donors (Lipinski definition) is 1. The molecule has 0 saturated heterocycles. The highest BCUT2D eigenvalue weighted by molar-refractivity contribution is 7.10. The number of nitrogens with two attached hydrogens (primary N) is 1. The van der Waals surface area contributed by atoms with Gasteiger partial charge in [0.2, 0.25) is 0 Å². The van der Waals surface area contributed by atoms with Crippen LogP contribution in [0.1, 0.15) is 21.9 Å². The molecule has 0 fully saturated rings. The molecule has 2 nitrogen and oxygen atoms in total. The smallest absolute Gasteiger partial charge is 0.123 e. The van der Waals surface area contributed by atoms with E-state index in [0.717, 1.165) is 17.7 Å². The van der Waals surface area contributed by atoms with Gasteiger partial charge in [0.05, 0.1) is 0 Å². The standard InChI is InChI=1S/C20H20FNOS/c21-18-7-3-16(4-8-18)14-23-19-9-5-15(6-10-19)12-17(13-22)20-2-1-11-24-20/h1-11,17H,12-14,22H2. The molecule has 3 rings (SSSR count). The summed E-state index contributed by atoms with van der Waals surface area (Å²) in [6.07, 6.45) is 0.926. The maximum absolute atomic E-state index is 12.9. The Hall–Kier alpha value is -2.17. The minimum Gasteiger partial charge on any atom is -0.489 e. The average molecular weight is 341 g/mol. The molecule has 1 heterocycles. The summed E-state index contributed by atoms with van der Waals surface area (Å²) in [6.45, 7) is 1.07. The van der Waals surface area contributed by atoms with E-state index in [0.29, 0.717) is 19.1 Å².